The number of fused-ring (bicyclic) bond motifs is 8. The van der Waals surface area contributed by atoms with E-state index in [4.69, 9.17) is 0 Å². The van der Waals surface area contributed by atoms with Gasteiger partial charge in [-0.25, -0.2) is 0 Å². The van der Waals surface area contributed by atoms with Crippen LogP contribution in [0, 0.1) is 0 Å². The SMILES string of the molecule is [Cl-].[Cl-].[SiH3][Hf+]([CH]1C=Cc2ccccc21)[CH]1c2ccccc2-c2ccccc21.[SiH3][Hf+]([CH]1C=Cc2ccccc21)[CH]1c2ccccc2-c2ccccc21. The Balaban J connectivity index is 0.000000151. The Bertz CT molecular complexity index is 2000. The molecule has 4 aliphatic rings. The molecule has 4 aliphatic carbocycles. The summed E-state index contributed by atoms with van der Waals surface area (Å²) in [5.41, 5.74) is 18.6. The van der Waals surface area contributed by atoms with Gasteiger partial charge in [-0.3, -0.25) is 0 Å². The molecule has 0 aliphatic heterocycles. The molecular weight excluding hydrogens is 1010 g/mol. The predicted octanol–water partition coefficient (Wildman–Crippen LogP) is 2.85. The van der Waals surface area contributed by atoms with Crippen LogP contribution in [0.5, 0.6) is 0 Å². The molecule has 0 N–H and O–H groups in total. The van der Waals surface area contributed by atoms with Gasteiger partial charge in [-0.2, -0.15) is 0 Å². The number of allylic oxidation sites excluding steroid dienone is 2. The number of hydrogen-bond acceptors (Lipinski definition) is 0. The fourth-order valence-corrected chi connectivity index (χ4v) is 48.9. The normalized spacial score (nSPS) is 16.9. The summed E-state index contributed by atoms with van der Waals surface area (Å²) in [5, 5.41) is 0. The van der Waals surface area contributed by atoms with Crippen molar-refractivity contribution in [1.82, 2.24) is 0 Å². The predicted molar refractivity (Wildman–Crippen MR) is 204 cm³/mol. The van der Waals surface area contributed by atoms with E-state index in [0.29, 0.717) is 0 Å². The standard InChI is InChI=1S/2C13H9.2C9H7.2ClH.2Hf.2H3Si/c2*1-3-7-12-10(5-1)9-11-6-2-4-8-13(11)12;2*1-2-5-9-7-3-6-8(9)4-1;;;;;;/h2*1-9H;2*1-7H;2*1H;;;2*1H3/q;;;;;;2*+1;;/p-2. The van der Waals surface area contributed by atoms with Crippen molar-refractivity contribution in [3.8, 4) is 22.3 Å². The zero-order valence-electron chi connectivity index (χ0n) is 28.2. The number of rotatable bonds is 4. The second kappa shape index (κ2) is 15.3. The zero-order chi connectivity index (χ0) is 32.2. The maximum atomic E-state index is 2.53. The van der Waals surface area contributed by atoms with E-state index in [9.17, 15) is 0 Å². The molecule has 0 saturated heterocycles. The molecule has 0 saturated carbocycles. The number of hydrogen-bond donors (Lipinski definition) is 0. The first kappa shape index (κ1) is 35.9. The van der Waals surface area contributed by atoms with Gasteiger partial charge in [0.2, 0.25) is 0 Å². The quantitative estimate of drug-likeness (QED) is 0.239. The molecule has 2 unspecified atom stereocenters. The Morgan fingerprint density at radius 2 is 0.600 bits per heavy atom. The molecule has 10 rings (SSSR count). The van der Waals surface area contributed by atoms with E-state index >= 15 is 0 Å². The van der Waals surface area contributed by atoms with Crippen molar-refractivity contribution in [2.75, 3.05) is 0 Å². The summed E-state index contributed by atoms with van der Waals surface area (Å²) in [5.74, 6) is 0. The van der Waals surface area contributed by atoms with Gasteiger partial charge in [0.1, 0.15) is 0 Å². The summed E-state index contributed by atoms with van der Waals surface area (Å²) < 4.78 is 3.02. The van der Waals surface area contributed by atoms with Crippen LogP contribution in [0.15, 0.2) is 158 Å². The van der Waals surface area contributed by atoms with Crippen molar-refractivity contribution in [2.24, 2.45) is 0 Å². The van der Waals surface area contributed by atoms with Crippen LogP contribution in [0.2, 0.25) is 0 Å². The van der Waals surface area contributed by atoms with E-state index in [0.717, 1.165) is 14.7 Å². The topological polar surface area (TPSA) is 0 Å². The van der Waals surface area contributed by atoms with Gasteiger partial charge in [-0.05, 0) is 0 Å². The molecule has 244 valence electrons. The molecule has 0 nitrogen and oxygen atoms in total. The number of benzene rings is 6. The molecule has 0 fully saturated rings. The van der Waals surface area contributed by atoms with Crippen LogP contribution in [0.4, 0.5) is 0 Å². The third kappa shape index (κ3) is 6.12. The Morgan fingerprint density at radius 3 is 0.920 bits per heavy atom. The van der Waals surface area contributed by atoms with Gasteiger partial charge in [0, 0.05) is 0 Å². The first-order valence-electron chi connectivity index (χ1n) is 17.3. The maximum absolute atomic E-state index is 2.53. The monoisotopic (exact) mass is 1050 g/mol. The summed E-state index contributed by atoms with van der Waals surface area (Å²) in [6.45, 7) is 0. The Morgan fingerprint density at radius 1 is 0.340 bits per heavy atom. The van der Waals surface area contributed by atoms with Crippen molar-refractivity contribution in [3.05, 3.63) is 202 Å². The van der Waals surface area contributed by atoms with E-state index in [1.54, 1.807) is 33.4 Å². The van der Waals surface area contributed by atoms with Crippen molar-refractivity contribution < 1.29 is 66.0 Å². The van der Waals surface area contributed by atoms with Crippen LogP contribution in [-0.4, -0.2) is 14.9 Å². The van der Waals surface area contributed by atoms with Gasteiger partial charge in [0.05, 0.1) is 0 Å². The minimum atomic E-state index is -1.84. The molecule has 0 radical (unpaired) electrons. The van der Waals surface area contributed by atoms with E-state index < -0.39 is 41.2 Å². The Kier molecular flexibility index (Phi) is 11.0. The minimum absolute atomic E-state index is 0. The second-order valence-corrected chi connectivity index (χ2v) is 51.8. The molecule has 50 heavy (non-hydrogen) atoms. The Labute approximate surface area is 328 Å². The van der Waals surface area contributed by atoms with Crippen LogP contribution in [0.25, 0.3) is 34.4 Å². The molecule has 2 atom stereocenters. The van der Waals surface area contributed by atoms with E-state index in [1.807, 2.05) is 0 Å². The summed E-state index contributed by atoms with van der Waals surface area (Å²) >= 11 is -3.68. The van der Waals surface area contributed by atoms with Crippen LogP contribution in [0.3, 0.4) is 0 Å². The fraction of sp³-hybridized carbons (Fsp3) is 0.0909. The van der Waals surface area contributed by atoms with Crippen LogP contribution in [0.1, 0.15) is 59.2 Å². The van der Waals surface area contributed by atoms with E-state index in [2.05, 4.69) is 170 Å². The summed E-state index contributed by atoms with van der Waals surface area (Å²) in [7, 11) is 2.78. The van der Waals surface area contributed by atoms with Crippen LogP contribution in [-0.2, 0) is 41.2 Å². The van der Waals surface area contributed by atoms with E-state index in [-0.39, 0.29) is 24.8 Å². The summed E-state index contributed by atoms with van der Waals surface area (Å²) in [6.07, 6.45) is 9.80. The molecule has 6 heteroatoms. The molecular formula is C44H38Cl2Hf2Si2. The average molecular weight is 1050 g/mol. The van der Waals surface area contributed by atoms with E-state index in [1.165, 1.54) is 48.2 Å². The third-order valence-corrected chi connectivity index (χ3v) is 52.5. The second-order valence-electron chi connectivity index (χ2n) is 13.6. The zero-order valence-corrected chi connectivity index (χ0v) is 40.9. The number of halogens is 2. The third-order valence-electron chi connectivity index (χ3n) is 11.2. The van der Waals surface area contributed by atoms with Crippen LogP contribution >= 0.6 is 0 Å². The average Bonchev–Trinajstić information content (AvgIpc) is 3.92. The van der Waals surface area contributed by atoms with Crippen molar-refractivity contribution in [3.63, 3.8) is 0 Å². The van der Waals surface area contributed by atoms with Gasteiger partial charge in [-0.15, -0.1) is 0 Å². The van der Waals surface area contributed by atoms with Gasteiger partial charge in [0.25, 0.3) is 0 Å². The molecule has 0 spiro atoms. The first-order valence-corrected chi connectivity index (χ1v) is 49.1. The summed E-state index contributed by atoms with van der Waals surface area (Å²) in [4.78, 5) is 0. The van der Waals surface area contributed by atoms with Gasteiger partial charge < -0.3 is 24.8 Å². The fourth-order valence-electron chi connectivity index (χ4n) is 8.94. The summed E-state index contributed by atoms with van der Waals surface area (Å²) in [6, 6.07) is 54.7. The molecule has 0 bridgehead atoms. The van der Waals surface area contributed by atoms with Crippen molar-refractivity contribution in [2.45, 2.75) is 14.7 Å². The van der Waals surface area contributed by atoms with Crippen LogP contribution < -0.4 is 24.8 Å². The molecule has 0 aromatic heterocycles. The molecule has 6 aromatic carbocycles. The van der Waals surface area contributed by atoms with Crippen molar-refractivity contribution >= 4 is 27.0 Å². The molecule has 0 heterocycles. The molecule has 0 amide bonds. The van der Waals surface area contributed by atoms with Gasteiger partial charge in [-0.1, -0.05) is 0 Å². The Hall–Kier alpha value is -2.45. The molecule has 6 aromatic rings. The first-order chi connectivity index (χ1) is 23.7. The van der Waals surface area contributed by atoms with Gasteiger partial charge in [0.15, 0.2) is 0 Å². The van der Waals surface area contributed by atoms with Crippen molar-refractivity contribution in [1.29, 1.82) is 0 Å². The van der Waals surface area contributed by atoms with Gasteiger partial charge >= 0.3 is 307 Å².